The molecule has 8 nitrogen and oxygen atoms in total. The number of anilines is 1. The predicted octanol–water partition coefficient (Wildman–Crippen LogP) is 2.32. The minimum atomic E-state index is -0.0122. The SMILES string of the molecule is Cc1cc(N=NCc2ccc(O)cc2O)nc(N2CCOCC2)n1. The highest BCUT2D eigenvalue weighted by Gasteiger charge is 2.14. The van der Waals surface area contributed by atoms with Crippen LogP contribution in [0, 0.1) is 6.92 Å². The Kier molecular flexibility index (Phi) is 4.85. The molecule has 1 fully saturated rings. The number of benzene rings is 1. The number of hydrogen-bond acceptors (Lipinski definition) is 8. The average molecular weight is 329 g/mol. The van der Waals surface area contributed by atoms with Gasteiger partial charge in [-0.25, -0.2) is 4.98 Å². The molecule has 0 bridgehead atoms. The number of azo groups is 1. The van der Waals surface area contributed by atoms with Crippen molar-refractivity contribution in [2.45, 2.75) is 13.5 Å². The van der Waals surface area contributed by atoms with E-state index in [1.54, 1.807) is 12.1 Å². The van der Waals surface area contributed by atoms with Gasteiger partial charge in [-0.3, -0.25) is 0 Å². The van der Waals surface area contributed by atoms with E-state index in [0.29, 0.717) is 30.5 Å². The first-order chi connectivity index (χ1) is 11.6. The van der Waals surface area contributed by atoms with Crippen LogP contribution in [0.1, 0.15) is 11.3 Å². The quantitative estimate of drug-likeness (QED) is 0.834. The number of aromatic hydroxyl groups is 2. The maximum atomic E-state index is 9.74. The van der Waals surface area contributed by atoms with Gasteiger partial charge in [0.1, 0.15) is 11.5 Å². The number of phenolic OH excluding ortho intramolecular Hbond substituents is 2. The smallest absolute Gasteiger partial charge is 0.227 e. The number of aryl methyl sites for hydroxylation is 1. The Morgan fingerprint density at radius 3 is 2.71 bits per heavy atom. The molecule has 1 aliphatic heterocycles. The number of phenols is 2. The van der Waals surface area contributed by atoms with Gasteiger partial charge < -0.3 is 19.8 Å². The number of morpholine rings is 1. The van der Waals surface area contributed by atoms with Crippen LogP contribution in [0.3, 0.4) is 0 Å². The van der Waals surface area contributed by atoms with Crippen LogP contribution in [0.25, 0.3) is 0 Å². The zero-order valence-corrected chi connectivity index (χ0v) is 13.4. The van der Waals surface area contributed by atoms with E-state index in [1.807, 2.05) is 6.92 Å². The third-order valence-corrected chi connectivity index (χ3v) is 3.61. The molecule has 1 aliphatic rings. The second-order valence-corrected chi connectivity index (χ2v) is 5.48. The van der Waals surface area contributed by atoms with Crippen molar-refractivity contribution >= 4 is 11.8 Å². The van der Waals surface area contributed by atoms with Crippen molar-refractivity contribution in [1.82, 2.24) is 9.97 Å². The van der Waals surface area contributed by atoms with Crippen LogP contribution < -0.4 is 4.90 Å². The Labute approximate surface area is 139 Å². The summed E-state index contributed by atoms with van der Waals surface area (Å²) >= 11 is 0. The summed E-state index contributed by atoms with van der Waals surface area (Å²) in [7, 11) is 0. The summed E-state index contributed by atoms with van der Waals surface area (Å²) in [6.07, 6.45) is 0. The van der Waals surface area contributed by atoms with Crippen LogP contribution in [0.5, 0.6) is 11.5 Å². The van der Waals surface area contributed by atoms with Crippen LogP contribution >= 0.6 is 0 Å². The van der Waals surface area contributed by atoms with Crippen molar-refractivity contribution in [3.8, 4) is 11.5 Å². The molecule has 1 aromatic carbocycles. The number of hydrogen-bond donors (Lipinski definition) is 2. The summed E-state index contributed by atoms with van der Waals surface area (Å²) in [4.78, 5) is 10.9. The molecule has 0 spiro atoms. The Hall–Kier alpha value is -2.74. The van der Waals surface area contributed by atoms with E-state index in [4.69, 9.17) is 4.74 Å². The lowest BCUT2D eigenvalue weighted by Crippen LogP contribution is -2.37. The van der Waals surface area contributed by atoms with E-state index in [1.165, 1.54) is 12.1 Å². The fourth-order valence-corrected chi connectivity index (χ4v) is 2.36. The van der Waals surface area contributed by atoms with Gasteiger partial charge in [0.2, 0.25) is 5.95 Å². The van der Waals surface area contributed by atoms with Gasteiger partial charge in [-0.1, -0.05) is 0 Å². The lowest BCUT2D eigenvalue weighted by molar-refractivity contribution is 0.122. The molecule has 0 amide bonds. The molecule has 0 aliphatic carbocycles. The summed E-state index contributed by atoms with van der Waals surface area (Å²) in [6.45, 7) is 4.91. The molecule has 1 aromatic heterocycles. The summed E-state index contributed by atoms with van der Waals surface area (Å²) in [5.41, 5.74) is 1.39. The first kappa shape index (κ1) is 16.1. The van der Waals surface area contributed by atoms with E-state index in [9.17, 15) is 10.2 Å². The molecule has 0 unspecified atom stereocenters. The minimum absolute atomic E-state index is 0.00904. The van der Waals surface area contributed by atoms with Gasteiger partial charge in [-0.2, -0.15) is 10.1 Å². The average Bonchev–Trinajstić information content (AvgIpc) is 2.57. The number of nitrogens with zero attached hydrogens (tertiary/aromatic N) is 5. The van der Waals surface area contributed by atoms with E-state index < -0.39 is 0 Å². The lowest BCUT2D eigenvalue weighted by Gasteiger charge is -2.26. The van der Waals surface area contributed by atoms with Gasteiger partial charge in [0, 0.05) is 36.5 Å². The van der Waals surface area contributed by atoms with E-state index >= 15 is 0 Å². The number of aromatic nitrogens is 2. The summed E-state index contributed by atoms with van der Waals surface area (Å²) in [5.74, 6) is 1.10. The number of ether oxygens (including phenoxy) is 1. The van der Waals surface area contributed by atoms with E-state index in [2.05, 4.69) is 25.1 Å². The first-order valence-electron chi connectivity index (χ1n) is 7.68. The molecule has 3 rings (SSSR count). The van der Waals surface area contributed by atoms with Crippen LogP contribution in [-0.2, 0) is 11.3 Å². The normalized spacial score (nSPS) is 15.1. The summed E-state index contributed by atoms with van der Waals surface area (Å²) in [6, 6.07) is 6.13. The van der Waals surface area contributed by atoms with Crippen molar-refractivity contribution < 1.29 is 14.9 Å². The highest BCUT2D eigenvalue weighted by atomic mass is 16.5. The topological polar surface area (TPSA) is 103 Å². The van der Waals surface area contributed by atoms with Crippen molar-refractivity contribution in [3.63, 3.8) is 0 Å². The van der Waals surface area contributed by atoms with Gasteiger partial charge in [0.25, 0.3) is 0 Å². The Bertz CT molecular complexity index is 744. The molecule has 24 heavy (non-hydrogen) atoms. The predicted molar refractivity (Wildman–Crippen MR) is 87.8 cm³/mol. The van der Waals surface area contributed by atoms with Crippen LogP contribution in [0.2, 0.25) is 0 Å². The van der Waals surface area contributed by atoms with Gasteiger partial charge in [0.05, 0.1) is 19.8 Å². The molecule has 2 aromatic rings. The molecule has 0 atom stereocenters. The van der Waals surface area contributed by atoms with Crippen LogP contribution in [-0.4, -0.2) is 46.5 Å². The zero-order chi connectivity index (χ0) is 16.9. The fourth-order valence-electron chi connectivity index (χ4n) is 2.36. The van der Waals surface area contributed by atoms with Crippen LogP contribution in [0.4, 0.5) is 11.8 Å². The lowest BCUT2D eigenvalue weighted by atomic mass is 10.2. The Morgan fingerprint density at radius 2 is 1.96 bits per heavy atom. The minimum Gasteiger partial charge on any atom is -0.508 e. The summed E-state index contributed by atoms with van der Waals surface area (Å²) in [5, 5.41) is 27.2. The Balaban J connectivity index is 1.73. The molecule has 0 radical (unpaired) electrons. The first-order valence-corrected chi connectivity index (χ1v) is 7.68. The van der Waals surface area contributed by atoms with E-state index in [0.717, 1.165) is 18.8 Å². The monoisotopic (exact) mass is 329 g/mol. The van der Waals surface area contributed by atoms with Crippen molar-refractivity contribution in [2.24, 2.45) is 10.2 Å². The maximum absolute atomic E-state index is 9.74. The number of rotatable bonds is 4. The van der Waals surface area contributed by atoms with Gasteiger partial charge in [0.15, 0.2) is 5.82 Å². The molecular weight excluding hydrogens is 310 g/mol. The Morgan fingerprint density at radius 1 is 1.17 bits per heavy atom. The second-order valence-electron chi connectivity index (χ2n) is 5.48. The third kappa shape index (κ3) is 3.96. The molecule has 2 N–H and O–H groups in total. The molecule has 2 heterocycles. The highest BCUT2D eigenvalue weighted by molar-refractivity contribution is 5.40. The molecule has 0 saturated carbocycles. The second kappa shape index (κ2) is 7.22. The molecule has 126 valence electrons. The molecule has 8 heteroatoms. The van der Waals surface area contributed by atoms with Gasteiger partial charge in [-0.15, -0.1) is 5.11 Å². The third-order valence-electron chi connectivity index (χ3n) is 3.61. The van der Waals surface area contributed by atoms with Crippen molar-refractivity contribution in [2.75, 3.05) is 31.2 Å². The van der Waals surface area contributed by atoms with Gasteiger partial charge in [-0.05, 0) is 19.1 Å². The maximum Gasteiger partial charge on any atom is 0.227 e. The molecular formula is C16H19N5O3. The highest BCUT2D eigenvalue weighted by Crippen LogP contribution is 2.24. The molecule has 1 saturated heterocycles. The largest absolute Gasteiger partial charge is 0.508 e. The fraction of sp³-hybridized carbons (Fsp3) is 0.375. The van der Waals surface area contributed by atoms with Gasteiger partial charge >= 0.3 is 0 Å². The summed E-state index contributed by atoms with van der Waals surface area (Å²) < 4.78 is 5.33. The standard InChI is InChI=1S/C16H19N5O3/c1-11-8-15(19-16(18-11)21-4-6-24-7-5-21)20-17-10-12-2-3-13(22)9-14(12)23/h2-3,8-9,22-23H,4-7,10H2,1H3. The van der Waals surface area contributed by atoms with Crippen LogP contribution in [0.15, 0.2) is 34.5 Å². The zero-order valence-electron chi connectivity index (χ0n) is 13.4. The van der Waals surface area contributed by atoms with Crippen molar-refractivity contribution in [1.29, 1.82) is 0 Å². The van der Waals surface area contributed by atoms with Crippen molar-refractivity contribution in [3.05, 3.63) is 35.5 Å². The van der Waals surface area contributed by atoms with E-state index in [-0.39, 0.29) is 18.0 Å².